The maximum absolute atomic E-state index is 4.49. The molecule has 0 N–H and O–H groups in total. The van der Waals surface area contributed by atoms with Crippen molar-refractivity contribution in [2.24, 2.45) is 0 Å². The standard InChI is InChI=1S/C16H21BrN4/c1-13-14-5-2-3-6-15(14)16(19-18-13)21-9-4-8-20(10-7-17)11-12-21/h2-3,5-6H,4,7-12H2,1H3. The highest BCUT2D eigenvalue weighted by Gasteiger charge is 2.18. The molecular weight excluding hydrogens is 328 g/mol. The molecule has 2 aromatic rings. The van der Waals surface area contributed by atoms with Crippen LogP contribution >= 0.6 is 15.9 Å². The largest absolute Gasteiger partial charge is 0.353 e. The molecule has 5 heteroatoms. The molecule has 21 heavy (non-hydrogen) atoms. The van der Waals surface area contributed by atoms with Gasteiger partial charge in [0.05, 0.1) is 5.69 Å². The first kappa shape index (κ1) is 14.7. The summed E-state index contributed by atoms with van der Waals surface area (Å²) in [6.07, 6.45) is 1.18. The Morgan fingerprint density at radius 1 is 1.05 bits per heavy atom. The van der Waals surface area contributed by atoms with E-state index in [0.717, 1.165) is 43.0 Å². The van der Waals surface area contributed by atoms with Crippen LogP contribution in [0.2, 0.25) is 0 Å². The summed E-state index contributed by atoms with van der Waals surface area (Å²) < 4.78 is 0. The first-order valence-electron chi connectivity index (χ1n) is 7.55. The van der Waals surface area contributed by atoms with E-state index in [-0.39, 0.29) is 0 Å². The highest BCUT2D eigenvalue weighted by Crippen LogP contribution is 2.26. The van der Waals surface area contributed by atoms with Crippen molar-refractivity contribution in [3.63, 3.8) is 0 Å². The van der Waals surface area contributed by atoms with Crippen LogP contribution in [0.1, 0.15) is 12.1 Å². The minimum atomic E-state index is 1.00. The Balaban J connectivity index is 1.88. The van der Waals surface area contributed by atoms with Crippen molar-refractivity contribution in [3.05, 3.63) is 30.0 Å². The summed E-state index contributed by atoms with van der Waals surface area (Å²) >= 11 is 3.53. The number of fused-ring (bicyclic) bond motifs is 1. The zero-order chi connectivity index (χ0) is 14.7. The van der Waals surface area contributed by atoms with E-state index in [2.05, 4.69) is 60.2 Å². The number of benzene rings is 1. The average molecular weight is 349 g/mol. The Labute approximate surface area is 134 Å². The van der Waals surface area contributed by atoms with Crippen molar-refractivity contribution < 1.29 is 0 Å². The molecule has 1 aliphatic heterocycles. The van der Waals surface area contributed by atoms with E-state index in [0.29, 0.717) is 0 Å². The fourth-order valence-corrected chi connectivity index (χ4v) is 3.48. The number of hydrogen-bond donors (Lipinski definition) is 0. The lowest BCUT2D eigenvalue weighted by molar-refractivity contribution is 0.313. The van der Waals surface area contributed by atoms with E-state index >= 15 is 0 Å². The Morgan fingerprint density at radius 2 is 1.86 bits per heavy atom. The Hall–Kier alpha value is -1.20. The zero-order valence-corrected chi connectivity index (χ0v) is 14.0. The number of nitrogens with zero attached hydrogens (tertiary/aromatic N) is 4. The number of aryl methyl sites for hydroxylation is 1. The fourth-order valence-electron chi connectivity index (χ4n) is 2.98. The predicted octanol–water partition coefficient (Wildman–Crippen LogP) is 2.85. The first-order chi connectivity index (χ1) is 10.3. The third kappa shape index (κ3) is 3.19. The summed E-state index contributed by atoms with van der Waals surface area (Å²) in [6.45, 7) is 7.48. The zero-order valence-electron chi connectivity index (χ0n) is 12.4. The van der Waals surface area contributed by atoms with Gasteiger partial charge in [0, 0.05) is 42.3 Å². The monoisotopic (exact) mass is 348 g/mol. The van der Waals surface area contributed by atoms with Crippen LogP contribution in [0.15, 0.2) is 24.3 Å². The van der Waals surface area contributed by atoms with Gasteiger partial charge in [-0.2, -0.15) is 5.10 Å². The number of rotatable bonds is 3. The van der Waals surface area contributed by atoms with Crippen molar-refractivity contribution >= 4 is 32.5 Å². The second kappa shape index (κ2) is 6.71. The second-order valence-electron chi connectivity index (χ2n) is 5.53. The van der Waals surface area contributed by atoms with Crippen molar-refractivity contribution in [3.8, 4) is 0 Å². The minimum Gasteiger partial charge on any atom is -0.353 e. The molecule has 1 aromatic carbocycles. The molecule has 112 valence electrons. The lowest BCUT2D eigenvalue weighted by Gasteiger charge is -2.23. The Bertz CT molecular complexity index is 616. The summed E-state index contributed by atoms with van der Waals surface area (Å²) in [6, 6.07) is 8.45. The molecule has 3 rings (SSSR count). The summed E-state index contributed by atoms with van der Waals surface area (Å²) in [5, 5.41) is 12.3. The SMILES string of the molecule is Cc1nnc(N2CCCN(CCBr)CC2)c2ccccc12. The van der Waals surface area contributed by atoms with Crippen LogP contribution in [-0.4, -0.2) is 53.2 Å². The van der Waals surface area contributed by atoms with Gasteiger partial charge in [-0.25, -0.2) is 0 Å². The number of hydrogen-bond acceptors (Lipinski definition) is 4. The maximum Gasteiger partial charge on any atom is 0.159 e. The highest BCUT2D eigenvalue weighted by molar-refractivity contribution is 9.09. The van der Waals surface area contributed by atoms with Gasteiger partial charge in [-0.1, -0.05) is 40.2 Å². The van der Waals surface area contributed by atoms with E-state index < -0.39 is 0 Å². The van der Waals surface area contributed by atoms with Gasteiger partial charge in [0.25, 0.3) is 0 Å². The maximum atomic E-state index is 4.49. The average Bonchev–Trinajstić information content (AvgIpc) is 2.74. The number of anilines is 1. The quantitative estimate of drug-likeness (QED) is 0.798. The van der Waals surface area contributed by atoms with Crippen LogP contribution in [-0.2, 0) is 0 Å². The summed E-state index contributed by atoms with van der Waals surface area (Å²) in [5.41, 5.74) is 1.00. The fraction of sp³-hybridized carbons (Fsp3) is 0.500. The van der Waals surface area contributed by atoms with Crippen molar-refractivity contribution in [2.45, 2.75) is 13.3 Å². The topological polar surface area (TPSA) is 32.3 Å². The molecule has 1 fully saturated rings. The molecule has 0 saturated carbocycles. The first-order valence-corrected chi connectivity index (χ1v) is 8.67. The molecule has 1 aliphatic rings. The lowest BCUT2D eigenvalue weighted by Crippen LogP contribution is -2.32. The molecule has 4 nitrogen and oxygen atoms in total. The van der Waals surface area contributed by atoms with Crippen LogP contribution in [0, 0.1) is 6.92 Å². The molecular formula is C16H21BrN4. The molecule has 1 aromatic heterocycles. The molecule has 0 radical (unpaired) electrons. The van der Waals surface area contributed by atoms with Gasteiger partial charge in [-0.05, 0) is 19.9 Å². The van der Waals surface area contributed by atoms with Crippen molar-refractivity contribution in [1.82, 2.24) is 15.1 Å². The van der Waals surface area contributed by atoms with Crippen molar-refractivity contribution in [1.29, 1.82) is 0 Å². The second-order valence-corrected chi connectivity index (χ2v) is 6.32. The third-order valence-electron chi connectivity index (χ3n) is 4.14. The third-order valence-corrected chi connectivity index (χ3v) is 4.50. The van der Waals surface area contributed by atoms with E-state index in [9.17, 15) is 0 Å². The number of alkyl halides is 1. The Kier molecular flexibility index (Phi) is 4.70. The van der Waals surface area contributed by atoms with Gasteiger partial charge in [-0.15, -0.1) is 5.10 Å². The molecule has 0 atom stereocenters. The summed E-state index contributed by atoms with van der Waals surface area (Å²) in [4.78, 5) is 4.90. The van der Waals surface area contributed by atoms with Crippen LogP contribution in [0.25, 0.3) is 10.8 Å². The predicted molar refractivity (Wildman–Crippen MR) is 91.3 cm³/mol. The molecule has 0 aliphatic carbocycles. The van der Waals surface area contributed by atoms with Crippen LogP contribution in [0.5, 0.6) is 0 Å². The summed E-state index contributed by atoms with van der Waals surface area (Å²) in [7, 11) is 0. The smallest absolute Gasteiger partial charge is 0.159 e. The summed E-state index contributed by atoms with van der Waals surface area (Å²) in [5.74, 6) is 1.04. The molecule has 0 unspecified atom stereocenters. The van der Waals surface area contributed by atoms with Crippen LogP contribution in [0.4, 0.5) is 5.82 Å². The van der Waals surface area contributed by atoms with E-state index in [1.165, 1.54) is 23.7 Å². The van der Waals surface area contributed by atoms with Gasteiger partial charge in [0.15, 0.2) is 5.82 Å². The van der Waals surface area contributed by atoms with Gasteiger partial charge < -0.3 is 9.80 Å². The minimum absolute atomic E-state index is 1.00. The van der Waals surface area contributed by atoms with Crippen LogP contribution in [0.3, 0.4) is 0 Å². The normalized spacial score (nSPS) is 17.1. The van der Waals surface area contributed by atoms with Crippen molar-refractivity contribution in [2.75, 3.05) is 43.0 Å². The van der Waals surface area contributed by atoms with E-state index in [1.54, 1.807) is 0 Å². The highest BCUT2D eigenvalue weighted by atomic mass is 79.9. The van der Waals surface area contributed by atoms with Gasteiger partial charge >= 0.3 is 0 Å². The molecule has 2 heterocycles. The van der Waals surface area contributed by atoms with E-state index in [1.807, 2.05) is 6.92 Å². The van der Waals surface area contributed by atoms with Crippen LogP contribution < -0.4 is 4.90 Å². The molecule has 0 amide bonds. The van der Waals surface area contributed by atoms with Gasteiger partial charge in [0.1, 0.15) is 0 Å². The van der Waals surface area contributed by atoms with E-state index in [4.69, 9.17) is 0 Å². The lowest BCUT2D eigenvalue weighted by atomic mass is 10.1. The Morgan fingerprint density at radius 3 is 2.67 bits per heavy atom. The molecule has 1 saturated heterocycles. The van der Waals surface area contributed by atoms with Gasteiger partial charge in [-0.3, -0.25) is 0 Å². The number of halogens is 1. The number of aromatic nitrogens is 2. The molecule has 0 spiro atoms. The van der Waals surface area contributed by atoms with Gasteiger partial charge in [0.2, 0.25) is 0 Å². The molecule has 0 bridgehead atoms.